The third-order valence-corrected chi connectivity index (χ3v) is 6.01. The van der Waals surface area contributed by atoms with Crippen LogP contribution in [-0.2, 0) is 20.6 Å². The summed E-state index contributed by atoms with van der Waals surface area (Å²) in [5.41, 5.74) is 6.94. The number of hydrogen-bond donors (Lipinski definition) is 1. The van der Waals surface area contributed by atoms with E-state index in [2.05, 4.69) is 0 Å². The Morgan fingerprint density at radius 3 is 2.30 bits per heavy atom. The molecule has 0 bridgehead atoms. The van der Waals surface area contributed by atoms with Crippen LogP contribution in [0.1, 0.15) is 18.5 Å². The van der Waals surface area contributed by atoms with Crippen molar-refractivity contribution in [2.45, 2.75) is 18.2 Å². The summed E-state index contributed by atoms with van der Waals surface area (Å²) in [6, 6.07) is 6.84. The van der Waals surface area contributed by atoms with E-state index in [1.165, 1.54) is 0 Å². The summed E-state index contributed by atoms with van der Waals surface area (Å²) in [7, 11) is -2.81. The Morgan fingerprint density at radius 2 is 1.85 bits per heavy atom. The maximum absolute atomic E-state index is 12.1. The van der Waals surface area contributed by atoms with E-state index in [1.54, 1.807) is 26.2 Å². The van der Waals surface area contributed by atoms with Crippen LogP contribution in [-0.4, -0.2) is 42.7 Å². The number of sulfone groups is 1. The van der Waals surface area contributed by atoms with Crippen molar-refractivity contribution < 1.29 is 17.4 Å². The molecule has 1 rings (SSSR count). The monoisotopic (exact) mass is 319 g/mol. The van der Waals surface area contributed by atoms with Crippen molar-refractivity contribution in [3.63, 3.8) is 0 Å². The molecule has 3 unspecified atom stereocenters. The fourth-order valence-corrected chi connectivity index (χ4v) is 4.40. The third-order valence-electron chi connectivity index (χ3n) is 3.08. The molecule has 0 spiro atoms. The van der Waals surface area contributed by atoms with Crippen LogP contribution in [0.2, 0.25) is 0 Å². The van der Waals surface area contributed by atoms with Crippen molar-refractivity contribution in [1.29, 1.82) is 0 Å². The smallest absolute Gasteiger partial charge is 0.148 e. The summed E-state index contributed by atoms with van der Waals surface area (Å²) >= 11 is 0. The van der Waals surface area contributed by atoms with Gasteiger partial charge in [-0.25, -0.2) is 8.42 Å². The molecule has 20 heavy (non-hydrogen) atoms. The highest BCUT2D eigenvalue weighted by Crippen LogP contribution is 2.21. The topological polar surface area (TPSA) is 86.5 Å². The molecular weight excluding hydrogens is 298 g/mol. The minimum atomic E-state index is -3.10. The second kappa shape index (κ2) is 7.19. The van der Waals surface area contributed by atoms with Gasteiger partial charge in [-0.2, -0.15) is 0 Å². The van der Waals surface area contributed by atoms with Crippen LogP contribution < -0.4 is 10.5 Å². The minimum Gasteiger partial charge on any atom is -0.497 e. The molecule has 2 N–H and O–H groups in total. The number of methoxy groups -OCH3 is 1. The maximum atomic E-state index is 12.1. The van der Waals surface area contributed by atoms with Crippen molar-refractivity contribution in [2.24, 2.45) is 5.73 Å². The molecule has 114 valence electrons. The van der Waals surface area contributed by atoms with E-state index < -0.39 is 26.7 Å². The van der Waals surface area contributed by atoms with Crippen LogP contribution in [0.15, 0.2) is 24.3 Å². The highest BCUT2D eigenvalue weighted by molar-refractivity contribution is 7.92. The third kappa shape index (κ3) is 5.22. The zero-order chi connectivity index (χ0) is 15.3. The Morgan fingerprint density at radius 1 is 1.30 bits per heavy atom. The predicted molar refractivity (Wildman–Crippen MR) is 82.1 cm³/mol. The number of hydrogen-bond acceptors (Lipinski definition) is 5. The van der Waals surface area contributed by atoms with E-state index in [1.807, 2.05) is 12.1 Å². The van der Waals surface area contributed by atoms with Gasteiger partial charge in [-0.05, 0) is 24.6 Å². The van der Waals surface area contributed by atoms with Gasteiger partial charge in [-0.15, -0.1) is 0 Å². The lowest BCUT2D eigenvalue weighted by Gasteiger charge is -2.20. The van der Waals surface area contributed by atoms with Gasteiger partial charge in [0.05, 0.1) is 18.1 Å². The van der Waals surface area contributed by atoms with Gasteiger partial charge in [0.1, 0.15) is 15.6 Å². The van der Waals surface area contributed by atoms with Gasteiger partial charge in [0, 0.05) is 28.9 Å². The molecule has 0 aliphatic heterocycles. The highest BCUT2D eigenvalue weighted by Gasteiger charge is 2.21. The van der Waals surface area contributed by atoms with E-state index in [4.69, 9.17) is 10.5 Å². The van der Waals surface area contributed by atoms with Crippen LogP contribution in [0.4, 0.5) is 0 Å². The van der Waals surface area contributed by atoms with Gasteiger partial charge in [0.2, 0.25) is 0 Å². The minimum absolute atomic E-state index is 0.0840. The second-order valence-corrected chi connectivity index (χ2v) is 8.89. The molecule has 0 aliphatic rings. The Hall–Kier alpha value is -0.920. The molecule has 3 atom stereocenters. The van der Waals surface area contributed by atoms with E-state index >= 15 is 0 Å². The summed E-state index contributed by atoms with van der Waals surface area (Å²) in [5.74, 6) is 0.759. The van der Waals surface area contributed by atoms with E-state index in [9.17, 15) is 12.6 Å². The van der Waals surface area contributed by atoms with E-state index in [0.29, 0.717) is 0 Å². The first kappa shape index (κ1) is 17.1. The Kier molecular flexibility index (Phi) is 6.16. The normalized spacial score (nSPS) is 16.4. The molecule has 7 heteroatoms. The molecule has 0 saturated heterocycles. The molecular formula is C13H21NO4S2. The molecule has 0 amide bonds. The summed E-state index contributed by atoms with van der Waals surface area (Å²) in [4.78, 5) is 0. The van der Waals surface area contributed by atoms with Crippen LogP contribution in [0, 0.1) is 0 Å². The zero-order valence-electron chi connectivity index (χ0n) is 11.9. The summed E-state index contributed by atoms with van der Waals surface area (Å²) in [6.07, 6.45) is 1.14. The largest absolute Gasteiger partial charge is 0.497 e. The Balaban J connectivity index is 2.69. The van der Waals surface area contributed by atoms with Crippen LogP contribution in [0.25, 0.3) is 0 Å². The molecule has 0 fully saturated rings. The van der Waals surface area contributed by atoms with Gasteiger partial charge in [0.15, 0.2) is 0 Å². The lowest BCUT2D eigenvalue weighted by molar-refractivity contribution is 0.414. The summed E-state index contributed by atoms with van der Waals surface area (Å²) in [5, 5.41) is -0.315. The number of rotatable bonds is 7. The Labute approximate surface area is 122 Å². The summed E-state index contributed by atoms with van der Waals surface area (Å²) < 4.78 is 39.3. The van der Waals surface area contributed by atoms with Crippen molar-refractivity contribution in [2.75, 3.05) is 24.9 Å². The van der Waals surface area contributed by atoms with Crippen LogP contribution in [0.3, 0.4) is 0 Å². The number of benzene rings is 1. The first-order valence-electron chi connectivity index (χ1n) is 6.19. The van der Waals surface area contributed by atoms with Gasteiger partial charge in [0.25, 0.3) is 0 Å². The lowest BCUT2D eigenvalue weighted by Crippen LogP contribution is -2.30. The van der Waals surface area contributed by atoms with Crippen molar-refractivity contribution in [3.05, 3.63) is 29.8 Å². The van der Waals surface area contributed by atoms with Crippen LogP contribution in [0.5, 0.6) is 5.75 Å². The standard InChI is InChI=1S/C13H21NO4S2/c1-10(19(15)8-9-20(3,16)17)13(14)11-4-6-12(18-2)7-5-11/h4-7,10,13H,8-9,14H2,1-3H3. The average molecular weight is 319 g/mol. The first-order valence-corrected chi connectivity index (χ1v) is 9.63. The van der Waals surface area contributed by atoms with E-state index in [0.717, 1.165) is 17.6 Å². The molecule has 0 radical (unpaired) electrons. The zero-order valence-corrected chi connectivity index (χ0v) is 13.5. The predicted octanol–water partition coefficient (Wildman–Crippen LogP) is 0.877. The summed E-state index contributed by atoms with van der Waals surface area (Å²) in [6.45, 7) is 1.77. The highest BCUT2D eigenvalue weighted by atomic mass is 32.2. The van der Waals surface area contributed by atoms with Crippen molar-refractivity contribution in [1.82, 2.24) is 0 Å². The molecule has 0 aromatic heterocycles. The average Bonchev–Trinajstić information content (AvgIpc) is 2.42. The Bertz CT molecular complexity index is 554. The quantitative estimate of drug-likeness (QED) is 0.806. The molecule has 1 aromatic rings. The van der Waals surface area contributed by atoms with Gasteiger partial charge < -0.3 is 10.5 Å². The second-order valence-electron chi connectivity index (χ2n) is 4.72. The van der Waals surface area contributed by atoms with Crippen molar-refractivity contribution >= 4 is 20.6 Å². The van der Waals surface area contributed by atoms with Gasteiger partial charge >= 0.3 is 0 Å². The fourth-order valence-electron chi connectivity index (χ4n) is 1.68. The number of nitrogens with two attached hydrogens (primary N) is 1. The first-order chi connectivity index (χ1) is 9.24. The number of ether oxygens (including phenoxy) is 1. The van der Waals surface area contributed by atoms with E-state index in [-0.39, 0.29) is 16.8 Å². The maximum Gasteiger partial charge on any atom is 0.148 e. The molecule has 1 aromatic carbocycles. The molecule has 5 nitrogen and oxygen atoms in total. The van der Waals surface area contributed by atoms with Crippen LogP contribution >= 0.6 is 0 Å². The molecule has 0 saturated carbocycles. The molecule has 0 heterocycles. The lowest BCUT2D eigenvalue weighted by atomic mass is 10.1. The van der Waals surface area contributed by atoms with Crippen molar-refractivity contribution in [3.8, 4) is 5.75 Å². The molecule has 0 aliphatic carbocycles. The fraction of sp³-hybridized carbons (Fsp3) is 0.538. The van der Waals surface area contributed by atoms with Gasteiger partial charge in [-0.1, -0.05) is 12.1 Å². The SMILES string of the molecule is COc1ccc(C(N)C(C)S(=O)CCS(C)(=O)=O)cc1. The van der Waals surface area contributed by atoms with Gasteiger partial charge in [-0.3, -0.25) is 4.21 Å².